The summed E-state index contributed by atoms with van der Waals surface area (Å²) in [6.45, 7) is 10.3. The number of ether oxygens (including phenoxy) is 1. The summed E-state index contributed by atoms with van der Waals surface area (Å²) in [5, 5.41) is 12.4. The first-order valence-corrected chi connectivity index (χ1v) is 7.88. The van der Waals surface area contributed by atoms with Crippen LogP contribution in [0.2, 0.25) is 0 Å². The highest BCUT2D eigenvalue weighted by Crippen LogP contribution is 2.23. The summed E-state index contributed by atoms with van der Waals surface area (Å²) < 4.78 is 13.3. The SMILES string of the molecule is CCc1noc(C)c1CN1CCO[C@H](c2nncn2CC)C1. The molecule has 0 bridgehead atoms. The maximum absolute atomic E-state index is 5.90. The van der Waals surface area contributed by atoms with Gasteiger partial charge < -0.3 is 13.8 Å². The van der Waals surface area contributed by atoms with Crippen LogP contribution in [0.1, 0.15) is 42.8 Å². The van der Waals surface area contributed by atoms with Crippen LogP contribution in [-0.2, 0) is 24.2 Å². The molecule has 0 saturated carbocycles. The van der Waals surface area contributed by atoms with Gasteiger partial charge in [0.25, 0.3) is 0 Å². The molecule has 2 aromatic heterocycles. The van der Waals surface area contributed by atoms with E-state index in [-0.39, 0.29) is 6.10 Å². The van der Waals surface area contributed by atoms with Crippen molar-refractivity contribution in [2.75, 3.05) is 19.7 Å². The normalized spacial score (nSPS) is 19.7. The number of rotatable bonds is 5. The molecule has 1 aliphatic rings. The topological polar surface area (TPSA) is 69.2 Å². The Kier molecular flexibility index (Phi) is 4.54. The second-order valence-corrected chi connectivity index (χ2v) is 5.59. The zero-order valence-electron chi connectivity index (χ0n) is 13.4. The third-order valence-electron chi connectivity index (χ3n) is 4.21. The Bertz CT molecular complexity index is 621. The maximum Gasteiger partial charge on any atom is 0.163 e. The van der Waals surface area contributed by atoms with E-state index in [0.29, 0.717) is 6.61 Å². The smallest absolute Gasteiger partial charge is 0.163 e. The Labute approximate surface area is 130 Å². The zero-order chi connectivity index (χ0) is 15.5. The molecule has 2 aromatic rings. The molecule has 1 aliphatic heterocycles. The average Bonchev–Trinajstić information content (AvgIpc) is 3.15. The molecule has 0 aromatic carbocycles. The van der Waals surface area contributed by atoms with Gasteiger partial charge in [0.15, 0.2) is 5.82 Å². The van der Waals surface area contributed by atoms with Crippen LogP contribution in [0, 0.1) is 6.92 Å². The van der Waals surface area contributed by atoms with Gasteiger partial charge in [0.05, 0.1) is 12.3 Å². The summed E-state index contributed by atoms with van der Waals surface area (Å²) in [7, 11) is 0. The second-order valence-electron chi connectivity index (χ2n) is 5.59. The van der Waals surface area contributed by atoms with E-state index >= 15 is 0 Å². The predicted octanol–water partition coefficient (Wildman–Crippen LogP) is 1.73. The summed E-state index contributed by atoms with van der Waals surface area (Å²) in [4.78, 5) is 2.38. The lowest BCUT2D eigenvalue weighted by Gasteiger charge is -2.32. The fourth-order valence-electron chi connectivity index (χ4n) is 2.90. The van der Waals surface area contributed by atoms with Gasteiger partial charge in [-0.05, 0) is 20.3 Å². The molecule has 22 heavy (non-hydrogen) atoms. The highest BCUT2D eigenvalue weighted by Gasteiger charge is 2.27. The van der Waals surface area contributed by atoms with Crippen molar-refractivity contribution in [3.05, 3.63) is 29.2 Å². The Morgan fingerprint density at radius 2 is 2.23 bits per heavy atom. The molecule has 0 radical (unpaired) electrons. The van der Waals surface area contributed by atoms with Gasteiger partial charge in [-0.3, -0.25) is 4.90 Å². The summed E-state index contributed by atoms with van der Waals surface area (Å²) >= 11 is 0. The lowest BCUT2D eigenvalue weighted by Crippen LogP contribution is -2.39. The van der Waals surface area contributed by atoms with Crippen LogP contribution in [0.25, 0.3) is 0 Å². The van der Waals surface area contributed by atoms with E-state index in [1.165, 1.54) is 5.56 Å². The molecule has 1 saturated heterocycles. The van der Waals surface area contributed by atoms with Crippen molar-refractivity contribution < 1.29 is 9.26 Å². The van der Waals surface area contributed by atoms with Gasteiger partial charge in [0, 0.05) is 31.7 Å². The first-order chi connectivity index (χ1) is 10.7. The summed E-state index contributed by atoms with van der Waals surface area (Å²) in [6, 6.07) is 0. The highest BCUT2D eigenvalue weighted by molar-refractivity contribution is 5.22. The molecule has 0 aliphatic carbocycles. The average molecular weight is 305 g/mol. The van der Waals surface area contributed by atoms with E-state index in [2.05, 4.69) is 34.1 Å². The van der Waals surface area contributed by atoms with Crippen molar-refractivity contribution in [2.45, 2.75) is 46.4 Å². The molecule has 0 N–H and O–H groups in total. The Hall–Kier alpha value is -1.73. The molecule has 1 fully saturated rings. The Morgan fingerprint density at radius 1 is 1.36 bits per heavy atom. The lowest BCUT2D eigenvalue weighted by atomic mass is 10.1. The summed E-state index contributed by atoms with van der Waals surface area (Å²) in [5.74, 6) is 1.82. The largest absolute Gasteiger partial charge is 0.368 e. The Morgan fingerprint density at radius 3 is 3.00 bits per heavy atom. The monoisotopic (exact) mass is 305 g/mol. The van der Waals surface area contributed by atoms with Crippen LogP contribution in [0.4, 0.5) is 0 Å². The van der Waals surface area contributed by atoms with Crippen molar-refractivity contribution in [2.24, 2.45) is 0 Å². The zero-order valence-corrected chi connectivity index (χ0v) is 13.4. The third kappa shape index (κ3) is 2.91. The molecule has 0 spiro atoms. The van der Waals surface area contributed by atoms with Crippen LogP contribution in [-0.4, -0.2) is 44.5 Å². The molecule has 1 atom stereocenters. The minimum Gasteiger partial charge on any atom is -0.368 e. The molecular formula is C15H23N5O2. The van der Waals surface area contributed by atoms with Crippen molar-refractivity contribution in [1.29, 1.82) is 0 Å². The minimum absolute atomic E-state index is 0.0264. The number of aryl methyl sites for hydroxylation is 3. The fourth-order valence-corrected chi connectivity index (χ4v) is 2.90. The van der Waals surface area contributed by atoms with Gasteiger partial charge in [-0.25, -0.2) is 0 Å². The van der Waals surface area contributed by atoms with E-state index < -0.39 is 0 Å². The molecule has 3 rings (SSSR count). The third-order valence-corrected chi connectivity index (χ3v) is 4.21. The molecule has 3 heterocycles. The van der Waals surface area contributed by atoms with Gasteiger partial charge in [-0.1, -0.05) is 12.1 Å². The standard InChI is InChI=1S/C15H23N5O2/c1-4-13-12(11(3)22-18-13)8-19-6-7-21-14(9-19)15-17-16-10-20(15)5-2/h10,14H,4-9H2,1-3H3/t14-/m0/s1. The second kappa shape index (κ2) is 6.58. The maximum atomic E-state index is 5.90. The van der Waals surface area contributed by atoms with Gasteiger partial charge in [0.2, 0.25) is 0 Å². The lowest BCUT2D eigenvalue weighted by molar-refractivity contribution is -0.0390. The number of hydrogen-bond acceptors (Lipinski definition) is 6. The van der Waals surface area contributed by atoms with E-state index in [4.69, 9.17) is 9.26 Å². The van der Waals surface area contributed by atoms with Crippen molar-refractivity contribution in [3.63, 3.8) is 0 Å². The first-order valence-electron chi connectivity index (χ1n) is 7.88. The van der Waals surface area contributed by atoms with Crippen LogP contribution in [0.3, 0.4) is 0 Å². The first kappa shape index (κ1) is 15.2. The minimum atomic E-state index is -0.0264. The molecule has 7 nitrogen and oxygen atoms in total. The van der Waals surface area contributed by atoms with Gasteiger partial charge >= 0.3 is 0 Å². The molecule has 0 amide bonds. The molecule has 0 unspecified atom stereocenters. The van der Waals surface area contributed by atoms with Crippen LogP contribution in [0.5, 0.6) is 0 Å². The van der Waals surface area contributed by atoms with Crippen molar-refractivity contribution in [3.8, 4) is 0 Å². The molecule has 7 heteroatoms. The number of morpholine rings is 1. The molecule has 120 valence electrons. The van der Waals surface area contributed by atoms with Gasteiger partial charge in [0.1, 0.15) is 18.2 Å². The number of aromatic nitrogens is 4. The number of hydrogen-bond donors (Lipinski definition) is 0. The summed E-state index contributed by atoms with van der Waals surface area (Å²) in [6.07, 6.45) is 2.63. The van der Waals surface area contributed by atoms with Crippen LogP contribution in [0.15, 0.2) is 10.9 Å². The predicted molar refractivity (Wildman–Crippen MR) is 80.3 cm³/mol. The quantitative estimate of drug-likeness (QED) is 0.838. The van der Waals surface area contributed by atoms with E-state index in [1.807, 2.05) is 11.5 Å². The van der Waals surface area contributed by atoms with E-state index in [1.54, 1.807) is 6.33 Å². The van der Waals surface area contributed by atoms with Crippen molar-refractivity contribution in [1.82, 2.24) is 24.8 Å². The number of nitrogens with zero attached hydrogens (tertiary/aromatic N) is 5. The Balaban J connectivity index is 1.72. The summed E-state index contributed by atoms with van der Waals surface area (Å²) in [5.41, 5.74) is 2.26. The fraction of sp³-hybridized carbons (Fsp3) is 0.667. The van der Waals surface area contributed by atoms with E-state index in [0.717, 1.165) is 49.9 Å². The van der Waals surface area contributed by atoms with Crippen LogP contribution < -0.4 is 0 Å². The highest BCUT2D eigenvalue weighted by atomic mass is 16.5. The van der Waals surface area contributed by atoms with Gasteiger partial charge in [-0.15, -0.1) is 10.2 Å². The van der Waals surface area contributed by atoms with Crippen LogP contribution >= 0.6 is 0 Å². The van der Waals surface area contributed by atoms with Crippen molar-refractivity contribution >= 4 is 0 Å². The van der Waals surface area contributed by atoms with E-state index in [9.17, 15) is 0 Å². The molecular weight excluding hydrogens is 282 g/mol. The van der Waals surface area contributed by atoms with Gasteiger partial charge in [-0.2, -0.15) is 0 Å².